The topological polar surface area (TPSA) is 112 Å². The van der Waals surface area contributed by atoms with Gasteiger partial charge in [-0.05, 0) is 17.7 Å². The first-order valence-electron chi connectivity index (χ1n) is 6.74. The number of hydrogen-bond acceptors (Lipinski definition) is 6. The molecule has 24 heavy (non-hydrogen) atoms. The van der Waals surface area contributed by atoms with Crippen LogP contribution >= 0.6 is 11.6 Å². The highest BCUT2D eigenvalue weighted by Gasteiger charge is 2.18. The van der Waals surface area contributed by atoms with E-state index in [1.54, 1.807) is 0 Å². The van der Waals surface area contributed by atoms with Gasteiger partial charge in [-0.1, -0.05) is 17.7 Å². The van der Waals surface area contributed by atoms with Crippen molar-refractivity contribution in [1.29, 1.82) is 0 Å². The second kappa shape index (κ2) is 8.02. The maximum Gasteiger partial charge on any atom is 0.297 e. The number of rotatable bonds is 6. The van der Waals surface area contributed by atoms with Crippen LogP contribution in [0.5, 0.6) is 5.75 Å². The number of hydrogen-bond donors (Lipinski definition) is 4. The second-order valence-electron chi connectivity index (χ2n) is 4.80. The second-order valence-corrected chi connectivity index (χ2v) is 5.21. The summed E-state index contributed by atoms with van der Waals surface area (Å²) in [6, 6.07) is 4.16. The Hall–Kier alpha value is -2.26. The maximum absolute atomic E-state index is 13.1. The molecule has 0 aliphatic heterocycles. The average Bonchev–Trinajstić information content (AvgIpc) is 2.57. The number of pyridine rings is 1. The Morgan fingerprint density at radius 2 is 2.12 bits per heavy atom. The number of benzene rings is 1. The lowest BCUT2D eigenvalue weighted by atomic mass is 10.1. The molecule has 0 fully saturated rings. The molecular formula is C15H14ClFN2O5. The smallest absolute Gasteiger partial charge is 0.297 e. The minimum atomic E-state index is -1.00. The van der Waals surface area contributed by atoms with Gasteiger partial charge in [-0.15, -0.1) is 0 Å². The molecule has 1 amide bonds. The Balaban J connectivity index is 2.10. The number of aliphatic hydroxyl groups is 1. The van der Waals surface area contributed by atoms with Crippen LogP contribution in [0.4, 0.5) is 4.39 Å². The molecule has 9 heteroatoms. The summed E-state index contributed by atoms with van der Waals surface area (Å²) >= 11 is 5.67. The number of nitrogens with one attached hydrogen (secondary N) is 1. The third kappa shape index (κ3) is 3.98. The normalized spacial score (nSPS) is 10.7. The Morgan fingerprint density at radius 1 is 1.38 bits per heavy atom. The van der Waals surface area contributed by atoms with Crippen LogP contribution < -0.4 is 5.48 Å². The fraction of sp³-hybridized carbons (Fsp3) is 0.200. The van der Waals surface area contributed by atoms with Gasteiger partial charge >= 0.3 is 0 Å². The van der Waals surface area contributed by atoms with Crippen LogP contribution in [0.1, 0.15) is 27.2 Å². The van der Waals surface area contributed by atoms with E-state index in [1.165, 1.54) is 29.9 Å². The molecule has 0 spiro atoms. The van der Waals surface area contributed by atoms with Gasteiger partial charge < -0.3 is 14.9 Å². The van der Waals surface area contributed by atoms with Crippen molar-refractivity contribution in [2.75, 3.05) is 0 Å². The summed E-state index contributed by atoms with van der Waals surface area (Å²) in [5.41, 5.74) is 1.98. The highest BCUT2D eigenvalue weighted by atomic mass is 35.5. The van der Waals surface area contributed by atoms with Crippen molar-refractivity contribution in [3.8, 4) is 5.75 Å². The first-order chi connectivity index (χ1) is 11.5. The summed E-state index contributed by atoms with van der Waals surface area (Å²) in [6.45, 7) is -0.460. The Kier molecular flexibility index (Phi) is 6.04. The minimum absolute atomic E-state index is 0.0214. The Morgan fingerprint density at radius 3 is 2.75 bits per heavy atom. The molecule has 1 heterocycles. The molecule has 0 unspecified atom stereocenters. The first-order valence-corrected chi connectivity index (χ1v) is 7.12. The zero-order valence-corrected chi connectivity index (χ0v) is 13.0. The van der Waals surface area contributed by atoms with Crippen LogP contribution in [0.2, 0.25) is 5.02 Å². The summed E-state index contributed by atoms with van der Waals surface area (Å²) in [5, 5.41) is 27.9. The third-order valence-electron chi connectivity index (χ3n) is 3.23. The number of carbonyl (C=O) groups excluding carboxylic acids is 1. The summed E-state index contributed by atoms with van der Waals surface area (Å²) in [6.07, 6.45) is 1.24. The van der Waals surface area contributed by atoms with Gasteiger partial charge in [0.25, 0.3) is 5.91 Å². The first kappa shape index (κ1) is 18.1. The molecule has 0 radical (unpaired) electrons. The SMILES string of the molecule is O=C(NO)c1ncc(COCc2ccc(F)c(Cl)c2)c(CO)c1O. The molecule has 2 rings (SSSR count). The molecule has 4 N–H and O–H groups in total. The lowest BCUT2D eigenvalue weighted by molar-refractivity contribution is 0.0696. The van der Waals surface area contributed by atoms with Crippen molar-refractivity contribution in [3.63, 3.8) is 0 Å². The fourth-order valence-electron chi connectivity index (χ4n) is 2.00. The molecule has 0 aliphatic carbocycles. The third-order valence-corrected chi connectivity index (χ3v) is 3.52. The number of aromatic nitrogens is 1. The van der Waals surface area contributed by atoms with Gasteiger partial charge in [-0.3, -0.25) is 10.0 Å². The molecule has 0 saturated carbocycles. The number of ether oxygens (including phenoxy) is 1. The monoisotopic (exact) mass is 356 g/mol. The number of aliphatic hydroxyl groups excluding tert-OH is 1. The largest absolute Gasteiger partial charge is 0.505 e. The van der Waals surface area contributed by atoms with Gasteiger partial charge in [0.2, 0.25) is 0 Å². The van der Waals surface area contributed by atoms with Gasteiger partial charge in [0, 0.05) is 17.3 Å². The van der Waals surface area contributed by atoms with Crippen molar-refractivity contribution in [2.24, 2.45) is 0 Å². The van der Waals surface area contributed by atoms with Crippen LogP contribution in [0.15, 0.2) is 24.4 Å². The van der Waals surface area contributed by atoms with E-state index >= 15 is 0 Å². The molecule has 0 aliphatic rings. The summed E-state index contributed by atoms with van der Waals surface area (Å²) in [7, 11) is 0. The van der Waals surface area contributed by atoms with E-state index in [-0.39, 0.29) is 23.8 Å². The van der Waals surface area contributed by atoms with Crippen LogP contribution in [0.3, 0.4) is 0 Å². The molecule has 1 aromatic carbocycles. The van der Waals surface area contributed by atoms with E-state index < -0.39 is 29.8 Å². The predicted octanol–water partition coefficient (Wildman–Crippen LogP) is 1.91. The quantitative estimate of drug-likeness (QED) is 0.464. The fourth-order valence-corrected chi connectivity index (χ4v) is 2.21. The van der Waals surface area contributed by atoms with E-state index in [4.69, 9.17) is 21.5 Å². The van der Waals surface area contributed by atoms with Crippen molar-refractivity contribution in [1.82, 2.24) is 10.5 Å². The lowest BCUT2D eigenvalue weighted by Gasteiger charge is -2.12. The Labute approximate surface area is 141 Å². The van der Waals surface area contributed by atoms with E-state index in [2.05, 4.69) is 4.98 Å². The van der Waals surface area contributed by atoms with Gasteiger partial charge in [0.05, 0.1) is 24.8 Å². The lowest BCUT2D eigenvalue weighted by Crippen LogP contribution is -2.21. The van der Waals surface area contributed by atoms with E-state index in [1.807, 2.05) is 0 Å². The number of carbonyl (C=O) groups is 1. The molecule has 7 nitrogen and oxygen atoms in total. The van der Waals surface area contributed by atoms with Crippen LogP contribution in [-0.2, 0) is 24.6 Å². The average molecular weight is 357 g/mol. The standard InChI is InChI=1S/C15H14ClFN2O5/c16-11-3-8(1-2-12(11)17)6-24-7-9-4-18-13(15(22)19-23)14(21)10(9)5-20/h1-4,20-21,23H,5-7H2,(H,19,22). The highest BCUT2D eigenvalue weighted by Crippen LogP contribution is 2.25. The highest BCUT2D eigenvalue weighted by molar-refractivity contribution is 6.30. The van der Waals surface area contributed by atoms with Gasteiger partial charge in [0.1, 0.15) is 5.82 Å². The Bertz CT molecular complexity index is 757. The van der Waals surface area contributed by atoms with Crippen LogP contribution in [-0.4, -0.2) is 26.3 Å². The van der Waals surface area contributed by atoms with Crippen LogP contribution in [0, 0.1) is 5.82 Å². The molecule has 128 valence electrons. The maximum atomic E-state index is 13.1. The van der Waals surface area contributed by atoms with Gasteiger partial charge in [-0.25, -0.2) is 14.9 Å². The van der Waals surface area contributed by atoms with Crippen LogP contribution in [0.25, 0.3) is 0 Å². The summed E-state index contributed by atoms with van der Waals surface area (Å²) < 4.78 is 18.5. The molecule has 2 aromatic rings. The zero-order valence-electron chi connectivity index (χ0n) is 12.3. The summed E-state index contributed by atoms with van der Waals surface area (Å²) in [4.78, 5) is 15.1. The number of amides is 1. The predicted molar refractivity (Wildman–Crippen MR) is 81.0 cm³/mol. The van der Waals surface area contributed by atoms with Gasteiger partial charge in [0.15, 0.2) is 11.4 Å². The number of aromatic hydroxyl groups is 1. The molecule has 0 bridgehead atoms. The van der Waals surface area contributed by atoms with Crippen molar-refractivity contribution in [3.05, 3.63) is 57.6 Å². The molecule has 0 atom stereocenters. The van der Waals surface area contributed by atoms with E-state index in [0.717, 1.165) is 0 Å². The van der Waals surface area contributed by atoms with E-state index in [9.17, 15) is 19.4 Å². The zero-order chi connectivity index (χ0) is 17.7. The number of hydroxylamine groups is 1. The number of nitrogens with zero attached hydrogens (tertiary/aromatic N) is 1. The van der Waals surface area contributed by atoms with Gasteiger partial charge in [-0.2, -0.15) is 0 Å². The molecule has 1 aromatic heterocycles. The van der Waals surface area contributed by atoms with Crippen molar-refractivity contribution >= 4 is 17.5 Å². The number of halogens is 2. The molecular weight excluding hydrogens is 343 g/mol. The minimum Gasteiger partial charge on any atom is -0.505 e. The summed E-state index contributed by atoms with van der Waals surface area (Å²) in [5.74, 6) is -2.08. The van der Waals surface area contributed by atoms with Crippen molar-refractivity contribution < 1.29 is 29.3 Å². The van der Waals surface area contributed by atoms with E-state index in [0.29, 0.717) is 11.1 Å². The van der Waals surface area contributed by atoms with Crippen molar-refractivity contribution in [2.45, 2.75) is 19.8 Å². The molecule has 0 saturated heterocycles.